The molecule has 106 valence electrons. The molecule has 0 aliphatic heterocycles. The fraction of sp³-hybridized carbons (Fsp3) is 0.143. The summed E-state index contributed by atoms with van der Waals surface area (Å²) < 4.78 is 31.9. The van der Waals surface area contributed by atoms with Crippen LogP contribution in [-0.2, 0) is 10.0 Å². The van der Waals surface area contributed by atoms with Crippen LogP contribution in [0.5, 0.6) is 11.5 Å². The molecule has 0 amide bonds. The number of aryl methyl sites for hydroxylation is 1. The Morgan fingerprint density at radius 2 is 1.75 bits per heavy atom. The molecule has 0 saturated heterocycles. The lowest BCUT2D eigenvalue weighted by Crippen LogP contribution is -2.13. The Labute approximate surface area is 117 Å². The van der Waals surface area contributed by atoms with Gasteiger partial charge in [0.1, 0.15) is 17.2 Å². The SMILES string of the molecule is COc1cccc(O)c1NS(=O)(=O)c1ccc(C)cc1. The van der Waals surface area contributed by atoms with Gasteiger partial charge in [0.2, 0.25) is 0 Å². The molecule has 0 aliphatic carbocycles. The Balaban J connectivity index is 2.41. The highest BCUT2D eigenvalue weighted by atomic mass is 32.2. The second kappa shape index (κ2) is 5.42. The van der Waals surface area contributed by atoms with Crippen LogP contribution < -0.4 is 9.46 Å². The number of nitrogens with one attached hydrogen (secondary N) is 1. The van der Waals surface area contributed by atoms with E-state index in [2.05, 4.69) is 4.72 Å². The average Bonchev–Trinajstić information content (AvgIpc) is 2.41. The van der Waals surface area contributed by atoms with E-state index in [4.69, 9.17) is 4.74 Å². The first-order chi connectivity index (χ1) is 9.44. The van der Waals surface area contributed by atoms with Crippen LogP contribution in [0, 0.1) is 6.92 Å². The van der Waals surface area contributed by atoms with Crippen molar-refractivity contribution >= 4 is 15.7 Å². The zero-order valence-corrected chi connectivity index (χ0v) is 11.9. The molecule has 0 aliphatic rings. The van der Waals surface area contributed by atoms with E-state index in [1.807, 2.05) is 6.92 Å². The van der Waals surface area contributed by atoms with Gasteiger partial charge >= 0.3 is 0 Å². The van der Waals surface area contributed by atoms with Crippen molar-refractivity contribution in [1.29, 1.82) is 0 Å². The molecule has 0 atom stereocenters. The molecule has 20 heavy (non-hydrogen) atoms. The van der Waals surface area contributed by atoms with Crippen molar-refractivity contribution in [3.63, 3.8) is 0 Å². The summed E-state index contributed by atoms with van der Waals surface area (Å²) >= 11 is 0. The Bertz CT molecular complexity index is 708. The van der Waals surface area contributed by atoms with Gasteiger partial charge in [-0.1, -0.05) is 23.8 Å². The minimum atomic E-state index is -3.78. The Morgan fingerprint density at radius 3 is 2.35 bits per heavy atom. The number of methoxy groups -OCH3 is 1. The number of ether oxygens (including phenoxy) is 1. The van der Waals surface area contributed by atoms with Gasteiger partial charge in [-0.05, 0) is 31.2 Å². The first-order valence-electron chi connectivity index (χ1n) is 5.89. The van der Waals surface area contributed by atoms with Gasteiger partial charge in [0.05, 0.1) is 12.0 Å². The molecule has 0 unspecified atom stereocenters. The molecule has 2 aromatic rings. The zero-order valence-electron chi connectivity index (χ0n) is 11.1. The van der Waals surface area contributed by atoms with Crippen LogP contribution in [-0.4, -0.2) is 20.6 Å². The summed E-state index contributed by atoms with van der Waals surface area (Å²) in [7, 11) is -2.37. The monoisotopic (exact) mass is 293 g/mol. The van der Waals surface area contributed by atoms with Gasteiger partial charge in [-0.3, -0.25) is 4.72 Å². The minimum Gasteiger partial charge on any atom is -0.506 e. The molecule has 5 nitrogen and oxygen atoms in total. The number of sulfonamides is 1. The van der Waals surface area contributed by atoms with E-state index in [0.717, 1.165) is 5.56 Å². The van der Waals surface area contributed by atoms with Crippen molar-refractivity contribution < 1.29 is 18.3 Å². The summed E-state index contributed by atoms with van der Waals surface area (Å²) in [6, 6.07) is 10.9. The van der Waals surface area contributed by atoms with Crippen molar-refractivity contribution in [2.24, 2.45) is 0 Å². The largest absolute Gasteiger partial charge is 0.506 e. The fourth-order valence-corrected chi connectivity index (χ4v) is 2.79. The van der Waals surface area contributed by atoms with Crippen LogP contribution in [0.25, 0.3) is 0 Å². The van der Waals surface area contributed by atoms with Gasteiger partial charge in [0, 0.05) is 0 Å². The number of aromatic hydroxyl groups is 1. The number of phenols is 1. The van der Waals surface area contributed by atoms with Gasteiger partial charge in [-0.15, -0.1) is 0 Å². The summed E-state index contributed by atoms with van der Waals surface area (Å²) in [6.07, 6.45) is 0. The first-order valence-corrected chi connectivity index (χ1v) is 7.38. The molecule has 0 bridgehead atoms. The maximum absolute atomic E-state index is 12.3. The zero-order chi connectivity index (χ0) is 14.8. The number of rotatable bonds is 4. The number of hydrogen-bond acceptors (Lipinski definition) is 4. The third-order valence-electron chi connectivity index (χ3n) is 2.79. The van der Waals surface area contributed by atoms with Crippen LogP contribution in [0.4, 0.5) is 5.69 Å². The Kier molecular flexibility index (Phi) is 3.85. The third kappa shape index (κ3) is 2.85. The molecular weight excluding hydrogens is 278 g/mol. The van der Waals surface area contributed by atoms with Crippen LogP contribution in [0.2, 0.25) is 0 Å². The van der Waals surface area contributed by atoms with Crippen molar-refractivity contribution in [3.8, 4) is 11.5 Å². The van der Waals surface area contributed by atoms with E-state index in [0.29, 0.717) is 0 Å². The fourth-order valence-electron chi connectivity index (χ4n) is 1.70. The van der Waals surface area contributed by atoms with Gasteiger partial charge < -0.3 is 9.84 Å². The van der Waals surface area contributed by atoms with Crippen molar-refractivity contribution in [3.05, 3.63) is 48.0 Å². The lowest BCUT2D eigenvalue weighted by Gasteiger charge is -2.13. The maximum atomic E-state index is 12.3. The molecule has 2 N–H and O–H groups in total. The minimum absolute atomic E-state index is 0.0237. The highest BCUT2D eigenvalue weighted by Crippen LogP contribution is 2.34. The normalized spacial score (nSPS) is 11.1. The van der Waals surface area contributed by atoms with Crippen LogP contribution in [0.3, 0.4) is 0 Å². The number of hydrogen-bond donors (Lipinski definition) is 2. The van der Waals surface area contributed by atoms with E-state index >= 15 is 0 Å². The molecular formula is C14H15NO4S. The summed E-state index contributed by atoms with van der Waals surface area (Å²) in [6.45, 7) is 1.87. The summed E-state index contributed by atoms with van der Waals surface area (Å²) in [5.74, 6) is 0.0562. The van der Waals surface area contributed by atoms with Crippen molar-refractivity contribution in [2.75, 3.05) is 11.8 Å². The smallest absolute Gasteiger partial charge is 0.262 e. The lowest BCUT2D eigenvalue weighted by atomic mass is 10.2. The molecule has 6 heteroatoms. The number of phenolic OH excluding ortho intramolecular Hbond substituents is 1. The maximum Gasteiger partial charge on any atom is 0.262 e. The predicted molar refractivity (Wildman–Crippen MR) is 76.6 cm³/mol. The van der Waals surface area contributed by atoms with Gasteiger partial charge in [0.15, 0.2) is 0 Å². The summed E-state index contributed by atoms with van der Waals surface area (Å²) in [5.41, 5.74) is 0.986. The number of para-hydroxylation sites is 1. The summed E-state index contributed by atoms with van der Waals surface area (Å²) in [4.78, 5) is 0.119. The highest BCUT2D eigenvalue weighted by molar-refractivity contribution is 7.92. The Morgan fingerprint density at radius 1 is 1.10 bits per heavy atom. The molecule has 0 spiro atoms. The second-order valence-electron chi connectivity index (χ2n) is 4.27. The van der Waals surface area contributed by atoms with Gasteiger partial charge in [0.25, 0.3) is 10.0 Å². The lowest BCUT2D eigenvalue weighted by molar-refractivity contribution is 0.411. The standard InChI is InChI=1S/C14H15NO4S/c1-10-6-8-11(9-7-10)20(17,18)15-14-12(16)4-3-5-13(14)19-2/h3-9,15-16H,1-2H3. The van der Waals surface area contributed by atoms with E-state index in [1.165, 1.54) is 25.3 Å². The van der Waals surface area contributed by atoms with E-state index in [9.17, 15) is 13.5 Å². The van der Waals surface area contributed by atoms with E-state index < -0.39 is 10.0 Å². The Hall–Kier alpha value is -2.21. The molecule has 0 fully saturated rings. The second-order valence-corrected chi connectivity index (χ2v) is 5.96. The van der Waals surface area contributed by atoms with Gasteiger partial charge in [-0.25, -0.2) is 8.42 Å². The molecule has 0 heterocycles. The predicted octanol–water partition coefficient (Wildman–Crippen LogP) is 2.51. The third-order valence-corrected chi connectivity index (χ3v) is 4.16. The average molecular weight is 293 g/mol. The van der Waals surface area contributed by atoms with Crippen LogP contribution >= 0.6 is 0 Å². The molecule has 2 aromatic carbocycles. The topological polar surface area (TPSA) is 75.6 Å². The van der Waals surface area contributed by atoms with Gasteiger partial charge in [-0.2, -0.15) is 0 Å². The molecule has 2 rings (SSSR count). The molecule has 0 radical (unpaired) electrons. The number of anilines is 1. The number of benzene rings is 2. The van der Waals surface area contributed by atoms with Crippen LogP contribution in [0.15, 0.2) is 47.4 Å². The molecule has 0 saturated carbocycles. The van der Waals surface area contributed by atoms with E-state index in [-0.39, 0.29) is 22.1 Å². The van der Waals surface area contributed by atoms with Crippen molar-refractivity contribution in [2.45, 2.75) is 11.8 Å². The van der Waals surface area contributed by atoms with Crippen molar-refractivity contribution in [1.82, 2.24) is 0 Å². The first kappa shape index (κ1) is 14.2. The highest BCUT2D eigenvalue weighted by Gasteiger charge is 2.18. The quantitative estimate of drug-likeness (QED) is 0.849. The summed E-state index contributed by atoms with van der Waals surface area (Å²) in [5, 5.41) is 9.77. The van der Waals surface area contributed by atoms with Crippen LogP contribution in [0.1, 0.15) is 5.56 Å². The molecule has 0 aromatic heterocycles. The van der Waals surface area contributed by atoms with E-state index in [1.54, 1.807) is 24.3 Å².